The van der Waals surface area contributed by atoms with Crippen LogP contribution in [0.1, 0.15) is 15.9 Å². The Morgan fingerprint density at radius 3 is 2.52 bits per heavy atom. The fourth-order valence-corrected chi connectivity index (χ4v) is 2.86. The average Bonchev–Trinajstić information content (AvgIpc) is 2.53. The summed E-state index contributed by atoms with van der Waals surface area (Å²) in [5.41, 5.74) is 0.894. The quantitative estimate of drug-likeness (QED) is 0.625. The summed E-state index contributed by atoms with van der Waals surface area (Å²) in [6, 6.07) is 12.2. The number of carbonyl (C=O) groups is 1. The van der Waals surface area contributed by atoms with Gasteiger partial charge in [-0.2, -0.15) is 0 Å². The highest BCUT2D eigenvalue weighted by molar-refractivity contribution is 7.92. The first-order valence-electron chi connectivity index (χ1n) is 7.23. The predicted octanol–water partition coefficient (Wildman–Crippen LogP) is 2.24. The molecule has 0 spiro atoms. The van der Waals surface area contributed by atoms with E-state index in [-0.39, 0.29) is 29.4 Å². The number of nitro benzene ring substituents is 1. The Morgan fingerprint density at radius 1 is 1.20 bits per heavy atom. The molecular formula is C16H17N3O5S. The zero-order valence-corrected chi connectivity index (χ0v) is 14.5. The highest BCUT2D eigenvalue weighted by Gasteiger charge is 2.18. The van der Waals surface area contributed by atoms with Crippen molar-refractivity contribution in [2.24, 2.45) is 0 Å². The summed E-state index contributed by atoms with van der Waals surface area (Å²) >= 11 is 0. The Kier molecular flexibility index (Phi) is 5.38. The van der Waals surface area contributed by atoms with Gasteiger partial charge in [0.1, 0.15) is 0 Å². The van der Waals surface area contributed by atoms with E-state index >= 15 is 0 Å². The maximum Gasteiger partial charge on any atom is 0.274 e. The van der Waals surface area contributed by atoms with Crippen LogP contribution in [-0.4, -0.2) is 37.5 Å². The number of para-hydroxylation sites is 1. The number of hydrogen-bond acceptors (Lipinski definition) is 5. The molecule has 9 heteroatoms. The van der Waals surface area contributed by atoms with Crippen molar-refractivity contribution < 1.29 is 18.1 Å². The van der Waals surface area contributed by atoms with E-state index < -0.39 is 14.9 Å². The Labute approximate surface area is 145 Å². The molecule has 0 aromatic heterocycles. The predicted molar refractivity (Wildman–Crippen MR) is 93.8 cm³/mol. The van der Waals surface area contributed by atoms with Crippen LogP contribution in [0.25, 0.3) is 0 Å². The van der Waals surface area contributed by atoms with Crippen LogP contribution >= 0.6 is 0 Å². The molecule has 0 aliphatic rings. The van der Waals surface area contributed by atoms with Crippen LogP contribution in [0.2, 0.25) is 0 Å². The van der Waals surface area contributed by atoms with E-state index in [1.807, 2.05) is 0 Å². The number of nitrogens with one attached hydrogen (secondary N) is 1. The molecule has 1 amide bonds. The van der Waals surface area contributed by atoms with Crippen LogP contribution in [-0.2, 0) is 16.6 Å². The fourth-order valence-electron chi connectivity index (χ4n) is 2.30. The molecule has 132 valence electrons. The second kappa shape index (κ2) is 7.31. The van der Waals surface area contributed by atoms with Crippen molar-refractivity contribution >= 4 is 27.3 Å². The Bertz CT molecular complexity index is 911. The lowest BCUT2D eigenvalue weighted by Gasteiger charge is -2.18. The molecule has 0 aliphatic heterocycles. The molecule has 0 saturated carbocycles. The van der Waals surface area contributed by atoms with E-state index in [1.54, 1.807) is 30.3 Å². The van der Waals surface area contributed by atoms with Crippen LogP contribution < -0.4 is 4.72 Å². The Hall–Kier alpha value is -2.94. The summed E-state index contributed by atoms with van der Waals surface area (Å²) in [4.78, 5) is 24.4. The van der Waals surface area contributed by atoms with E-state index in [2.05, 4.69) is 4.72 Å². The molecule has 2 aromatic carbocycles. The number of benzene rings is 2. The van der Waals surface area contributed by atoms with Gasteiger partial charge in [-0.15, -0.1) is 0 Å². The molecule has 0 fully saturated rings. The minimum atomic E-state index is -3.45. The second-order valence-electron chi connectivity index (χ2n) is 5.50. The first kappa shape index (κ1) is 18.4. The van der Waals surface area contributed by atoms with Gasteiger partial charge in [0.25, 0.3) is 11.6 Å². The van der Waals surface area contributed by atoms with Gasteiger partial charge < -0.3 is 4.90 Å². The first-order valence-corrected chi connectivity index (χ1v) is 9.12. The number of amides is 1. The summed E-state index contributed by atoms with van der Waals surface area (Å²) in [7, 11) is -1.93. The van der Waals surface area contributed by atoms with Crippen LogP contribution in [0, 0.1) is 10.1 Å². The summed E-state index contributed by atoms with van der Waals surface area (Å²) in [5.74, 6) is -0.379. The van der Waals surface area contributed by atoms with E-state index in [0.29, 0.717) is 5.56 Å². The monoisotopic (exact) mass is 363 g/mol. The van der Waals surface area contributed by atoms with Gasteiger partial charge in [0.2, 0.25) is 10.0 Å². The molecule has 0 heterocycles. The third kappa shape index (κ3) is 5.01. The van der Waals surface area contributed by atoms with Crippen LogP contribution in [0.3, 0.4) is 0 Å². The van der Waals surface area contributed by atoms with Gasteiger partial charge >= 0.3 is 0 Å². The number of rotatable bonds is 6. The lowest BCUT2D eigenvalue weighted by atomic mass is 10.1. The smallest absolute Gasteiger partial charge is 0.274 e. The summed E-state index contributed by atoms with van der Waals surface area (Å²) in [6.07, 6.45) is 1.02. The number of anilines is 1. The molecule has 2 aromatic rings. The molecule has 0 aliphatic carbocycles. The fraction of sp³-hybridized carbons (Fsp3) is 0.188. The van der Waals surface area contributed by atoms with Crippen molar-refractivity contribution in [3.63, 3.8) is 0 Å². The number of nitrogens with zero attached hydrogens (tertiary/aromatic N) is 2. The molecule has 8 nitrogen and oxygen atoms in total. The minimum absolute atomic E-state index is 0.0553. The largest absolute Gasteiger partial charge is 0.337 e. The number of carbonyl (C=O) groups excluding carboxylic acids is 1. The topological polar surface area (TPSA) is 110 Å². The summed E-state index contributed by atoms with van der Waals surface area (Å²) in [5, 5.41) is 11.1. The van der Waals surface area contributed by atoms with Crippen molar-refractivity contribution in [3.8, 4) is 0 Å². The Balaban J connectivity index is 2.21. The zero-order chi connectivity index (χ0) is 18.6. The molecule has 0 radical (unpaired) electrons. The van der Waals surface area contributed by atoms with Crippen molar-refractivity contribution in [1.29, 1.82) is 0 Å². The molecule has 0 bridgehead atoms. The highest BCUT2D eigenvalue weighted by Crippen LogP contribution is 2.20. The molecule has 0 unspecified atom stereocenters. The van der Waals surface area contributed by atoms with Gasteiger partial charge in [0, 0.05) is 29.9 Å². The summed E-state index contributed by atoms with van der Waals surface area (Å²) in [6.45, 7) is 0.0553. The third-order valence-corrected chi connectivity index (χ3v) is 3.96. The SMILES string of the molecule is CN(Cc1ccccc1[N+](=O)[O-])C(=O)c1cccc(NS(C)(=O)=O)c1. The maximum atomic E-state index is 12.5. The molecule has 0 atom stereocenters. The van der Waals surface area contributed by atoms with Gasteiger partial charge in [-0.25, -0.2) is 8.42 Å². The van der Waals surface area contributed by atoms with Crippen LogP contribution in [0.4, 0.5) is 11.4 Å². The van der Waals surface area contributed by atoms with Gasteiger partial charge in [-0.3, -0.25) is 19.6 Å². The maximum absolute atomic E-state index is 12.5. The lowest BCUT2D eigenvalue weighted by molar-refractivity contribution is -0.385. The van der Waals surface area contributed by atoms with E-state index in [1.165, 1.54) is 30.1 Å². The second-order valence-corrected chi connectivity index (χ2v) is 7.25. The van der Waals surface area contributed by atoms with Gasteiger partial charge in [-0.05, 0) is 18.2 Å². The van der Waals surface area contributed by atoms with E-state index in [0.717, 1.165) is 6.26 Å². The summed E-state index contributed by atoms with van der Waals surface area (Å²) < 4.78 is 24.9. The van der Waals surface area contributed by atoms with Gasteiger partial charge in [0.15, 0.2) is 0 Å². The standard InChI is InChI=1S/C16H17N3O5S/c1-18(11-13-6-3-4-9-15(13)19(21)22)16(20)12-7-5-8-14(10-12)17-25(2,23)24/h3-10,17H,11H2,1-2H3. The van der Waals surface area contributed by atoms with Crippen LogP contribution in [0.15, 0.2) is 48.5 Å². The third-order valence-electron chi connectivity index (χ3n) is 3.36. The van der Waals surface area contributed by atoms with Crippen molar-refractivity contribution in [2.45, 2.75) is 6.54 Å². The van der Waals surface area contributed by atoms with Gasteiger partial charge in [-0.1, -0.05) is 24.3 Å². The van der Waals surface area contributed by atoms with E-state index in [4.69, 9.17) is 0 Å². The van der Waals surface area contributed by atoms with E-state index in [9.17, 15) is 23.3 Å². The lowest BCUT2D eigenvalue weighted by Crippen LogP contribution is -2.26. The van der Waals surface area contributed by atoms with Crippen LogP contribution in [0.5, 0.6) is 0 Å². The first-order chi connectivity index (χ1) is 11.7. The van der Waals surface area contributed by atoms with Crippen molar-refractivity contribution in [3.05, 3.63) is 69.8 Å². The highest BCUT2D eigenvalue weighted by atomic mass is 32.2. The van der Waals surface area contributed by atoms with Crippen molar-refractivity contribution in [1.82, 2.24) is 4.90 Å². The minimum Gasteiger partial charge on any atom is -0.337 e. The van der Waals surface area contributed by atoms with Gasteiger partial charge in [0.05, 0.1) is 17.7 Å². The number of hydrogen-bond donors (Lipinski definition) is 1. The molecule has 25 heavy (non-hydrogen) atoms. The number of nitro groups is 1. The normalized spacial score (nSPS) is 11.0. The number of sulfonamides is 1. The Morgan fingerprint density at radius 2 is 1.88 bits per heavy atom. The molecule has 1 N–H and O–H groups in total. The molecule has 0 saturated heterocycles. The molecule has 2 rings (SSSR count). The van der Waals surface area contributed by atoms with Crippen molar-refractivity contribution in [2.75, 3.05) is 18.0 Å². The molecular weight excluding hydrogens is 346 g/mol. The average molecular weight is 363 g/mol. The zero-order valence-electron chi connectivity index (χ0n) is 13.7.